The number of carbonyl (C=O) groups is 1. The van der Waals surface area contributed by atoms with Gasteiger partial charge in [-0.05, 0) is 26.3 Å². The van der Waals surface area contributed by atoms with Gasteiger partial charge in [-0.3, -0.25) is 4.79 Å². The molecule has 0 atom stereocenters. The zero-order valence-corrected chi connectivity index (χ0v) is 10.8. The molecule has 0 aliphatic rings. The fourth-order valence-corrected chi connectivity index (χ4v) is 1.26. The largest absolute Gasteiger partial charge is 0.464 e. The van der Waals surface area contributed by atoms with Crippen LogP contribution < -0.4 is 5.32 Å². The van der Waals surface area contributed by atoms with Gasteiger partial charge in [-0.25, -0.2) is 0 Å². The quantitative estimate of drug-likeness (QED) is 0.629. The number of ether oxygens (including phenoxy) is 1. The van der Waals surface area contributed by atoms with E-state index in [1.807, 2.05) is 39.0 Å². The Hall–Kier alpha value is -1.35. The van der Waals surface area contributed by atoms with Crippen molar-refractivity contribution in [3.63, 3.8) is 0 Å². The van der Waals surface area contributed by atoms with Gasteiger partial charge in [0.15, 0.2) is 0 Å². The summed E-state index contributed by atoms with van der Waals surface area (Å²) in [6, 6.07) is 10.1. The summed E-state index contributed by atoms with van der Waals surface area (Å²) in [5.41, 5.74) is 0.814. The van der Waals surface area contributed by atoms with Crippen LogP contribution in [-0.4, -0.2) is 19.1 Å². The molecule has 3 nitrogen and oxygen atoms in total. The lowest BCUT2D eigenvalue weighted by Crippen LogP contribution is -2.27. The third-order valence-corrected chi connectivity index (χ3v) is 2.30. The molecule has 0 amide bonds. The Kier molecular flexibility index (Phi) is 5.16. The molecule has 0 aliphatic carbocycles. The molecule has 0 radical (unpaired) electrons. The number of hydrogen-bond acceptors (Lipinski definition) is 3. The molecule has 0 bridgehead atoms. The van der Waals surface area contributed by atoms with E-state index in [0.717, 1.165) is 6.54 Å². The van der Waals surface area contributed by atoms with E-state index in [-0.39, 0.29) is 5.97 Å². The van der Waals surface area contributed by atoms with E-state index in [9.17, 15) is 4.79 Å². The van der Waals surface area contributed by atoms with Crippen molar-refractivity contribution in [3.05, 3.63) is 35.9 Å². The van der Waals surface area contributed by atoms with E-state index in [1.165, 1.54) is 5.56 Å². The SMILES string of the molecule is CC(C)(C)C(=O)OCCNCc1ccccc1. The van der Waals surface area contributed by atoms with Crippen LogP contribution >= 0.6 is 0 Å². The van der Waals surface area contributed by atoms with Crippen molar-refractivity contribution in [2.45, 2.75) is 27.3 Å². The van der Waals surface area contributed by atoms with E-state index >= 15 is 0 Å². The van der Waals surface area contributed by atoms with Crippen LogP contribution in [0.5, 0.6) is 0 Å². The highest BCUT2D eigenvalue weighted by atomic mass is 16.5. The van der Waals surface area contributed by atoms with Gasteiger partial charge >= 0.3 is 5.97 Å². The van der Waals surface area contributed by atoms with Crippen LogP contribution in [0.4, 0.5) is 0 Å². The number of rotatable bonds is 5. The summed E-state index contributed by atoms with van der Waals surface area (Å²) in [7, 11) is 0. The Morgan fingerprint density at radius 1 is 1.24 bits per heavy atom. The lowest BCUT2D eigenvalue weighted by molar-refractivity contribution is -0.152. The standard InChI is InChI=1S/C14H21NO2/c1-14(2,3)13(16)17-10-9-15-11-12-7-5-4-6-8-12/h4-8,15H,9-11H2,1-3H3. The highest BCUT2D eigenvalue weighted by Gasteiger charge is 2.22. The molecule has 0 spiro atoms. The Bertz CT molecular complexity index is 341. The van der Waals surface area contributed by atoms with Gasteiger partial charge in [0, 0.05) is 13.1 Å². The molecule has 0 saturated carbocycles. The average Bonchev–Trinajstić information content (AvgIpc) is 2.28. The summed E-state index contributed by atoms with van der Waals surface area (Å²) in [4.78, 5) is 11.4. The van der Waals surface area contributed by atoms with Crippen LogP contribution in [0.15, 0.2) is 30.3 Å². The van der Waals surface area contributed by atoms with Crippen molar-refractivity contribution >= 4 is 5.97 Å². The number of carbonyl (C=O) groups excluding carboxylic acids is 1. The monoisotopic (exact) mass is 235 g/mol. The van der Waals surface area contributed by atoms with Gasteiger partial charge in [-0.2, -0.15) is 0 Å². The first-order valence-corrected chi connectivity index (χ1v) is 5.92. The van der Waals surface area contributed by atoms with Gasteiger partial charge in [0.05, 0.1) is 5.41 Å². The lowest BCUT2D eigenvalue weighted by Gasteiger charge is -2.16. The molecule has 0 unspecified atom stereocenters. The average molecular weight is 235 g/mol. The highest BCUT2D eigenvalue weighted by molar-refractivity contribution is 5.75. The predicted molar refractivity (Wildman–Crippen MR) is 68.6 cm³/mol. The maximum Gasteiger partial charge on any atom is 0.311 e. The molecule has 0 aromatic heterocycles. The first-order chi connectivity index (χ1) is 8.00. The summed E-state index contributed by atoms with van der Waals surface area (Å²) in [5, 5.41) is 3.23. The number of nitrogens with one attached hydrogen (secondary N) is 1. The molecule has 0 fully saturated rings. The Balaban J connectivity index is 2.12. The van der Waals surface area contributed by atoms with Crippen LogP contribution in [0.25, 0.3) is 0 Å². The van der Waals surface area contributed by atoms with Crippen LogP contribution in [0.3, 0.4) is 0 Å². The van der Waals surface area contributed by atoms with Gasteiger partial charge in [0.1, 0.15) is 6.61 Å². The van der Waals surface area contributed by atoms with Gasteiger partial charge in [0.2, 0.25) is 0 Å². The second-order valence-corrected chi connectivity index (χ2v) is 5.05. The molecule has 1 rings (SSSR count). The van der Waals surface area contributed by atoms with Gasteiger partial charge in [0.25, 0.3) is 0 Å². The maximum atomic E-state index is 11.4. The van der Waals surface area contributed by atoms with Crippen molar-refractivity contribution in [2.75, 3.05) is 13.2 Å². The minimum Gasteiger partial charge on any atom is -0.464 e. The number of hydrogen-bond donors (Lipinski definition) is 1. The molecule has 17 heavy (non-hydrogen) atoms. The second kappa shape index (κ2) is 6.40. The first-order valence-electron chi connectivity index (χ1n) is 5.92. The van der Waals surface area contributed by atoms with Gasteiger partial charge in [-0.1, -0.05) is 30.3 Å². The third-order valence-electron chi connectivity index (χ3n) is 2.30. The molecule has 1 N–H and O–H groups in total. The number of benzene rings is 1. The summed E-state index contributed by atoms with van der Waals surface area (Å²) < 4.78 is 5.14. The van der Waals surface area contributed by atoms with Crippen LogP contribution in [0.1, 0.15) is 26.3 Å². The molecule has 1 aromatic carbocycles. The highest BCUT2D eigenvalue weighted by Crippen LogP contribution is 2.14. The Morgan fingerprint density at radius 3 is 2.47 bits per heavy atom. The van der Waals surface area contributed by atoms with Gasteiger partial charge in [-0.15, -0.1) is 0 Å². The zero-order valence-electron chi connectivity index (χ0n) is 10.8. The minimum absolute atomic E-state index is 0.154. The van der Waals surface area contributed by atoms with E-state index in [2.05, 4.69) is 17.4 Å². The summed E-state index contributed by atoms with van der Waals surface area (Å²) >= 11 is 0. The molecule has 94 valence electrons. The minimum atomic E-state index is -0.417. The van der Waals surface area contributed by atoms with Crippen molar-refractivity contribution in [3.8, 4) is 0 Å². The second-order valence-electron chi connectivity index (χ2n) is 5.05. The predicted octanol–water partition coefficient (Wildman–Crippen LogP) is 2.37. The smallest absolute Gasteiger partial charge is 0.311 e. The summed E-state index contributed by atoms with van der Waals surface area (Å²) in [6.45, 7) is 7.46. The van der Waals surface area contributed by atoms with Crippen molar-refractivity contribution in [1.82, 2.24) is 5.32 Å². The molecular formula is C14H21NO2. The van der Waals surface area contributed by atoms with E-state index in [0.29, 0.717) is 13.2 Å². The summed E-state index contributed by atoms with van der Waals surface area (Å²) in [5.74, 6) is -0.154. The zero-order chi connectivity index (χ0) is 12.7. The van der Waals surface area contributed by atoms with Crippen LogP contribution in [0, 0.1) is 5.41 Å². The summed E-state index contributed by atoms with van der Waals surface area (Å²) in [6.07, 6.45) is 0. The molecule has 0 aliphatic heterocycles. The van der Waals surface area contributed by atoms with Crippen molar-refractivity contribution in [1.29, 1.82) is 0 Å². The topological polar surface area (TPSA) is 38.3 Å². The van der Waals surface area contributed by atoms with Gasteiger partial charge < -0.3 is 10.1 Å². The van der Waals surface area contributed by atoms with E-state index < -0.39 is 5.41 Å². The maximum absolute atomic E-state index is 11.4. The third kappa shape index (κ3) is 5.50. The first kappa shape index (κ1) is 13.7. The van der Waals surface area contributed by atoms with E-state index in [1.54, 1.807) is 0 Å². The van der Waals surface area contributed by atoms with E-state index in [4.69, 9.17) is 4.74 Å². The number of esters is 1. The van der Waals surface area contributed by atoms with Crippen LogP contribution in [-0.2, 0) is 16.1 Å². The lowest BCUT2D eigenvalue weighted by atomic mass is 9.97. The van der Waals surface area contributed by atoms with Crippen molar-refractivity contribution in [2.24, 2.45) is 5.41 Å². The fraction of sp³-hybridized carbons (Fsp3) is 0.500. The van der Waals surface area contributed by atoms with Crippen molar-refractivity contribution < 1.29 is 9.53 Å². The molecule has 0 heterocycles. The normalized spacial score (nSPS) is 11.2. The Morgan fingerprint density at radius 2 is 1.88 bits per heavy atom. The molecule has 3 heteroatoms. The fourth-order valence-electron chi connectivity index (χ4n) is 1.26. The molecule has 1 aromatic rings. The molecule has 0 saturated heterocycles. The Labute approximate surface area is 103 Å². The van der Waals surface area contributed by atoms with Crippen LogP contribution in [0.2, 0.25) is 0 Å². The molecular weight excluding hydrogens is 214 g/mol.